The number of hydrogen-bond donors (Lipinski definition) is 3. The summed E-state index contributed by atoms with van der Waals surface area (Å²) in [4.78, 5) is 23.1. The number of carbonyl (C=O) groups excluding carboxylic acids is 2. The Morgan fingerprint density at radius 1 is 1.23 bits per heavy atom. The molecule has 0 fully saturated rings. The van der Waals surface area contributed by atoms with Gasteiger partial charge in [-0.05, 0) is 41.6 Å². The first kappa shape index (κ1) is 24.2. The number of ether oxygens (including phenoxy) is 2. The second kappa shape index (κ2) is 9.79. The number of fused-ring (bicyclic) bond motifs is 1. The van der Waals surface area contributed by atoms with Crippen LogP contribution in [-0.2, 0) is 21.4 Å². The standard InChI is InChI=1S/C23H37N3O4/c1-22(2,3)14-19(27)25-10-7-11-26-20-18(29-6)12-15-8-9-16(30-21(24)28)13-17(15)23(20,4)5/h8-9,13,18,20,26H,7,10-12,14H2,1-6H3,(H2,24,28)(H,25,27)/t18-,20+/m1/s1. The monoisotopic (exact) mass is 419 g/mol. The van der Waals surface area contributed by atoms with Crippen molar-refractivity contribution in [3.63, 3.8) is 0 Å². The Kier molecular flexibility index (Phi) is 7.88. The molecule has 0 bridgehead atoms. The number of nitrogens with one attached hydrogen (secondary N) is 2. The lowest BCUT2D eigenvalue weighted by Gasteiger charge is -2.45. The number of carbonyl (C=O) groups is 2. The third-order valence-corrected chi connectivity index (χ3v) is 5.60. The first-order valence-corrected chi connectivity index (χ1v) is 10.6. The van der Waals surface area contributed by atoms with E-state index in [-0.39, 0.29) is 28.9 Å². The van der Waals surface area contributed by atoms with Gasteiger partial charge in [0.2, 0.25) is 5.91 Å². The van der Waals surface area contributed by atoms with Crippen molar-refractivity contribution in [2.45, 2.75) is 71.4 Å². The molecular weight excluding hydrogens is 382 g/mol. The van der Waals surface area contributed by atoms with Crippen LogP contribution < -0.4 is 21.1 Å². The summed E-state index contributed by atoms with van der Waals surface area (Å²) in [5.74, 6) is 0.539. The molecule has 1 aromatic rings. The van der Waals surface area contributed by atoms with Gasteiger partial charge in [-0.2, -0.15) is 0 Å². The van der Waals surface area contributed by atoms with Crippen LogP contribution >= 0.6 is 0 Å². The van der Waals surface area contributed by atoms with Crippen LogP contribution in [0.1, 0.15) is 58.6 Å². The van der Waals surface area contributed by atoms with Crippen molar-refractivity contribution < 1.29 is 19.1 Å². The van der Waals surface area contributed by atoms with Gasteiger partial charge in [-0.1, -0.05) is 40.7 Å². The Morgan fingerprint density at radius 2 is 1.93 bits per heavy atom. The molecule has 0 saturated carbocycles. The van der Waals surface area contributed by atoms with Crippen LogP contribution in [0.2, 0.25) is 0 Å². The molecule has 0 spiro atoms. The minimum Gasteiger partial charge on any atom is -0.410 e. The van der Waals surface area contributed by atoms with E-state index < -0.39 is 6.09 Å². The highest BCUT2D eigenvalue weighted by Crippen LogP contribution is 2.39. The summed E-state index contributed by atoms with van der Waals surface area (Å²) in [6, 6.07) is 5.71. The SMILES string of the molecule is CO[C@@H]1Cc2ccc(OC(N)=O)cc2C(C)(C)[C@H]1NCCCNC(=O)CC(C)(C)C. The molecule has 168 valence electrons. The van der Waals surface area contributed by atoms with Gasteiger partial charge in [0.1, 0.15) is 5.75 Å². The maximum absolute atomic E-state index is 12.0. The molecule has 1 aliphatic rings. The Bertz CT molecular complexity index is 755. The highest BCUT2D eigenvalue weighted by Gasteiger charge is 2.42. The summed E-state index contributed by atoms with van der Waals surface area (Å²) < 4.78 is 10.9. The van der Waals surface area contributed by atoms with Gasteiger partial charge in [0.15, 0.2) is 0 Å². The molecule has 30 heavy (non-hydrogen) atoms. The van der Waals surface area contributed by atoms with Crippen molar-refractivity contribution in [1.29, 1.82) is 0 Å². The molecular formula is C23H37N3O4. The summed E-state index contributed by atoms with van der Waals surface area (Å²) >= 11 is 0. The Balaban J connectivity index is 2.00. The van der Waals surface area contributed by atoms with Crippen molar-refractivity contribution in [1.82, 2.24) is 10.6 Å². The van der Waals surface area contributed by atoms with Crippen LogP contribution in [0, 0.1) is 5.41 Å². The summed E-state index contributed by atoms with van der Waals surface area (Å²) in [6.07, 6.45) is 1.32. The smallest absolute Gasteiger partial charge is 0.409 e. The molecule has 1 aliphatic carbocycles. The van der Waals surface area contributed by atoms with Crippen molar-refractivity contribution >= 4 is 12.0 Å². The molecule has 0 saturated heterocycles. The molecule has 0 radical (unpaired) electrons. The average Bonchev–Trinajstić information content (AvgIpc) is 2.61. The molecule has 7 nitrogen and oxygen atoms in total. The van der Waals surface area contributed by atoms with Crippen LogP contribution in [0.3, 0.4) is 0 Å². The Hall–Kier alpha value is -2.12. The van der Waals surface area contributed by atoms with E-state index >= 15 is 0 Å². The topological polar surface area (TPSA) is 103 Å². The Morgan fingerprint density at radius 3 is 2.53 bits per heavy atom. The van der Waals surface area contributed by atoms with E-state index in [1.54, 1.807) is 13.2 Å². The minimum absolute atomic E-state index is 0.00931. The lowest BCUT2D eigenvalue weighted by atomic mass is 9.68. The van der Waals surface area contributed by atoms with Gasteiger partial charge in [0.05, 0.1) is 6.10 Å². The van der Waals surface area contributed by atoms with Gasteiger partial charge in [0.25, 0.3) is 0 Å². The van der Waals surface area contributed by atoms with Gasteiger partial charge in [0, 0.05) is 38.0 Å². The van der Waals surface area contributed by atoms with E-state index in [9.17, 15) is 9.59 Å². The van der Waals surface area contributed by atoms with Gasteiger partial charge >= 0.3 is 6.09 Å². The molecule has 2 amide bonds. The predicted molar refractivity (Wildman–Crippen MR) is 118 cm³/mol. The zero-order chi connectivity index (χ0) is 22.5. The van der Waals surface area contributed by atoms with Crippen LogP contribution in [0.5, 0.6) is 5.75 Å². The number of primary amides is 1. The van der Waals surface area contributed by atoms with E-state index in [1.165, 1.54) is 5.56 Å². The maximum atomic E-state index is 12.0. The van der Waals surface area contributed by atoms with Crippen molar-refractivity contribution in [3.05, 3.63) is 29.3 Å². The van der Waals surface area contributed by atoms with E-state index in [0.717, 1.165) is 24.9 Å². The molecule has 2 rings (SSSR count). The lowest BCUT2D eigenvalue weighted by molar-refractivity contribution is -0.122. The molecule has 2 atom stereocenters. The maximum Gasteiger partial charge on any atom is 0.409 e. The van der Waals surface area contributed by atoms with Crippen LogP contribution in [0.15, 0.2) is 18.2 Å². The zero-order valence-corrected chi connectivity index (χ0v) is 19.1. The summed E-state index contributed by atoms with van der Waals surface area (Å²) in [7, 11) is 1.73. The number of hydrogen-bond acceptors (Lipinski definition) is 5. The molecule has 0 heterocycles. The third-order valence-electron chi connectivity index (χ3n) is 5.60. The fourth-order valence-corrected chi connectivity index (χ4v) is 4.20. The van der Waals surface area contributed by atoms with Crippen molar-refractivity contribution in [2.24, 2.45) is 11.1 Å². The molecule has 0 aromatic heterocycles. The fraction of sp³-hybridized carbons (Fsp3) is 0.652. The minimum atomic E-state index is -0.818. The molecule has 1 aromatic carbocycles. The molecule has 7 heteroatoms. The lowest BCUT2D eigenvalue weighted by Crippen LogP contribution is -2.57. The van der Waals surface area contributed by atoms with E-state index in [2.05, 4.69) is 45.3 Å². The van der Waals surface area contributed by atoms with E-state index in [0.29, 0.717) is 18.7 Å². The summed E-state index contributed by atoms with van der Waals surface area (Å²) in [6.45, 7) is 11.9. The third kappa shape index (κ3) is 6.44. The van der Waals surface area contributed by atoms with Crippen LogP contribution in [0.25, 0.3) is 0 Å². The van der Waals surface area contributed by atoms with Gasteiger partial charge in [-0.3, -0.25) is 4.79 Å². The first-order valence-electron chi connectivity index (χ1n) is 10.6. The number of methoxy groups -OCH3 is 1. The highest BCUT2D eigenvalue weighted by atomic mass is 16.5. The number of amides is 2. The fourth-order valence-electron chi connectivity index (χ4n) is 4.20. The van der Waals surface area contributed by atoms with Gasteiger partial charge in [-0.15, -0.1) is 0 Å². The summed E-state index contributed by atoms with van der Waals surface area (Å²) in [5.41, 5.74) is 7.20. The van der Waals surface area contributed by atoms with Crippen LogP contribution in [-0.4, -0.2) is 44.3 Å². The Labute approximate surface area is 180 Å². The quantitative estimate of drug-likeness (QED) is 0.562. The van der Waals surface area contributed by atoms with E-state index in [4.69, 9.17) is 15.2 Å². The van der Waals surface area contributed by atoms with E-state index in [1.807, 2.05) is 12.1 Å². The molecule has 0 aliphatic heterocycles. The number of benzene rings is 1. The molecule has 4 N–H and O–H groups in total. The zero-order valence-electron chi connectivity index (χ0n) is 19.1. The predicted octanol–water partition coefficient (Wildman–Crippen LogP) is 2.89. The van der Waals surface area contributed by atoms with Gasteiger partial charge in [-0.25, -0.2) is 4.79 Å². The summed E-state index contributed by atoms with van der Waals surface area (Å²) in [5, 5.41) is 6.62. The first-order chi connectivity index (χ1) is 13.9. The number of nitrogens with two attached hydrogens (primary N) is 1. The second-order valence-corrected chi connectivity index (χ2v) is 9.81. The second-order valence-electron chi connectivity index (χ2n) is 9.81. The normalized spacial score (nSPS) is 20.3. The molecule has 0 unspecified atom stereocenters. The van der Waals surface area contributed by atoms with Gasteiger partial charge < -0.3 is 25.8 Å². The van der Waals surface area contributed by atoms with Crippen LogP contribution in [0.4, 0.5) is 4.79 Å². The highest BCUT2D eigenvalue weighted by molar-refractivity contribution is 5.76. The van der Waals surface area contributed by atoms with Crippen molar-refractivity contribution in [3.8, 4) is 5.75 Å². The van der Waals surface area contributed by atoms with Crippen molar-refractivity contribution in [2.75, 3.05) is 20.2 Å². The average molecular weight is 420 g/mol. The largest absolute Gasteiger partial charge is 0.410 e. The number of rotatable bonds is 8.